The first-order valence-electron chi connectivity index (χ1n) is 15.3. The third-order valence-corrected chi connectivity index (χ3v) is 7.54. The van der Waals surface area contributed by atoms with Gasteiger partial charge in [-0.2, -0.15) is 0 Å². The molecule has 5 unspecified atom stereocenters. The Kier molecular flexibility index (Phi) is 14.9. The number of primary amides is 1. The topological polar surface area (TPSA) is 270 Å². The van der Waals surface area contributed by atoms with Crippen LogP contribution in [0.3, 0.4) is 0 Å². The molecule has 46 heavy (non-hydrogen) atoms. The maximum Gasteiger partial charge on any atom is 0.245 e. The lowest BCUT2D eigenvalue weighted by molar-refractivity contribution is -0.141. The first-order valence-corrected chi connectivity index (χ1v) is 15.3. The van der Waals surface area contributed by atoms with Crippen molar-refractivity contribution in [1.29, 1.82) is 0 Å². The zero-order valence-electron chi connectivity index (χ0n) is 26.7. The molecule has 0 saturated carbocycles. The summed E-state index contributed by atoms with van der Waals surface area (Å²) in [5.41, 5.74) is 22.4. The van der Waals surface area contributed by atoms with E-state index in [1.54, 1.807) is 38.1 Å². The van der Waals surface area contributed by atoms with Crippen LogP contribution in [0.2, 0.25) is 0 Å². The molecule has 1 aromatic carbocycles. The summed E-state index contributed by atoms with van der Waals surface area (Å²) in [5, 5.41) is 10.6. The molecule has 1 aliphatic rings. The number of amides is 6. The van der Waals surface area contributed by atoms with Gasteiger partial charge in [0.2, 0.25) is 35.4 Å². The van der Waals surface area contributed by atoms with E-state index in [0.29, 0.717) is 19.3 Å². The Morgan fingerprint density at radius 3 is 2.15 bits per heavy atom. The summed E-state index contributed by atoms with van der Waals surface area (Å²) in [7, 11) is 0. The van der Waals surface area contributed by atoms with Gasteiger partial charge in [0.15, 0.2) is 5.96 Å². The zero-order valence-corrected chi connectivity index (χ0v) is 26.7. The highest BCUT2D eigenvalue weighted by molar-refractivity contribution is 5.96. The van der Waals surface area contributed by atoms with Crippen LogP contribution in [0.25, 0.3) is 0 Å². The summed E-state index contributed by atoms with van der Waals surface area (Å²) in [5.74, 6) is -3.97. The highest BCUT2D eigenvalue weighted by Gasteiger charge is 2.38. The van der Waals surface area contributed by atoms with Gasteiger partial charge in [0.25, 0.3) is 0 Å². The van der Waals surface area contributed by atoms with Crippen molar-refractivity contribution in [2.45, 2.75) is 83.1 Å². The van der Waals surface area contributed by atoms with Crippen LogP contribution in [0.4, 0.5) is 0 Å². The van der Waals surface area contributed by atoms with Crippen LogP contribution in [0.15, 0.2) is 35.3 Å². The van der Waals surface area contributed by atoms with E-state index in [-0.39, 0.29) is 44.4 Å². The van der Waals surface area contributed by atoms with Crippen molar-refractivity contribution < 1.29 is 28.8 Å². The minimum Gasteiger partial charge on any atom is -0.370 e. The van der Waals surface area contributed by atoms with Gasteiger partial charge >= 0.3 is 0 Å². The fourth-order valence-corrected chi connectivity index (χ4v) is 5.11. The van der Waals surface area contributed by atoms with E-state index in [2.05, 4.69) is 26.3 Å². The van der Waals surface area contributed by atoms with E-state index in [1.807, 2.05) is 6.07 Å². The number of hydrogen-bond acceptors (Lipinski definition) is 8. The number of nitrogens with zero attached hydrogens (tertiary/aromatic N) is 2. The van der Waals surface area contributed by atoms with Crippen molar-refractivity contribution in [2.24, 2.45) is 33.8 Å². The van der Waals surface area contributed by atoms with Gasteiger partial charge in [0, 0.05) is 19.5 Å². The average Bonchev–Trinajstić information content (AvgIpc) is 3.50. The molecule has 254 valence electrons. The number of carbonyl (C=O) groups is 6. The largest absolute Gasteiger partial charge is 0.370 e. The molecule has 0 bridgehead atoms. The minimum absolute atomic E-state index is 0.0912. The van der Waals surface area contributed by atoms with Crippen LogP contribution in [0, 0.1) is 5.92 Å². The molecule has 6 amide bonds. The molecule has 1 heterocycles. The number of carbonyl (C=O) groups excluding carboxylic acids is 6. The number of nitrogens with two attached hydrogens (primary N) is 4. The van der Waals surface area contributed by atoms with Crippen molar-refractivity contribution in [2.75, 3.05) is 19.6 Å². The smallest absolute Gasteiger partial charge is 0.245 e. The Labute approximate surface area is 268 Å². The fourth-order valence-electron chi connectivity index (χ4n) is 5.11. The van der Waals surface area contributed by atoms with Gasteiger partial charge in [-0.05, 0) is 44.1 Å². The maximum atomic E-state index is 13.7. The number of aliphatic imine (C=N–C) groups is 1. The Morgan fingerprint density at radius 1 is 0.913 bits per heavy atom. The van der Waals surface area contributed by atoms with Crippen molar-refractivity contribution >= 4 is 41.4 Å². The lowest BCUT2D eigenvalue weighted by Gasteiger charge is -2.29. The molecule has 0 aromatic heterocycles. The summed E-state index contributed by atoms with van der Waals surface area (Å²) in [6, 6.07) is 3.95. The van der Waals surface area contributed by atoms with E-state index in [9.17, 15) is 28.8 Å². The van der Waals surface area contributed by atoms with Gasteiger partial charge in [-0.1, -0.05) is 44.2 Å². The summed E-state index contributed by atoms with van der Waals surface area (Å²) in [6.45, 7) is 5.14. The SMILES string of the molecule is CC(NC(=O)CN)C(=O)N1CCCC1C(=O)NC(CCCN=C(N)N)C(=O)NC(Cc1ccccc1)C(=O)NC(C(N)=O)C(C)C. The molecular formula is C30H48N10O6. The van der Waals surface area contributed by atoms with Crippen molar-refractivity contribution in [3.8, 4) is 0 Å². The predicted octanol–water partition coefficient (Wildman–Crippen LogP) is -2.67. The molecule has 12 N–H and O–H groups in total. The van der Waals surface area contributed by atoms with Crippen LogP contribution in [0.1, 0.15) is 52.0 Å². The maximum absolute atomic E-state index is 13.7. The second-order valence-electron chi connectivity index (χ2n) is 11.6. The van der Waals surface area contributed by atoms with Gasteiger partial charge in [-0.3, -0.25) is 33.8 Å². The lowest BCUT2D eigenvalue weighted by atomic mass is 10.0. The van der Waals surface area contributed by atoms with Gasteiger partial charge in [0.1, 0.15) is 30.2 Å². The molecule has 2 rings (SSSR count). The summed E-state index contributed by atoms with van der Waals surface area (Å²) >= 11 is 0. The average molecular weight is 645 g/mol. The van der Waals surface area contributed by atoms with E-state index in [0.717, 1.165) is 5.56 Å². The van der Waals surface area contributed by atoms with Crippen LogP contribution in [-0.2, 0) is 35.2 Å². The summed E-state index contributed by atoms with van der Waals surface area (Å²) in [4.78, 5) is 82.8. The van der Waals surface area contributed by atoms with Crippen molar-refractivity contribution in [3.05, 3.63) is 35.9 Å². The van der Waals surface area contributed by atoms with E-state index in [4.69, 9.17) is 22.9 Å². The monoisotopic (exact) mass is 644 g/mol. The molecule has 1 aliphatic heterocycles. The Hall–Kier alpha value is -4.73. The molecule has 1 saturated heterocycles. The Morgan fingerprint density at radius 2 is 1.57 bits per heavy atom. The van der Waals surface area contributed by atoms with Crippen LogP contribution in [0.5, 0.6) is 0 Å². The summed E-state index contributed by atoms with van der Waals surface area (Å²) in [6.07, 6.45) is 1.39. The van der Waals surface area contributed by atoms with Crippen LogP contribution >= 0.6 is 0 Å². The second-order valence-corrected chi connectivity index (χ2v) is 11.6. The van der Waals surface area contributed by atoms with Gasteiger partial charge in [-0.15, -0.1) is 0 Å². The van der Waals surface area contributed by atoms with E-state index >= 15 is 0 Å². The molecule has 0 radical (unpaired) electrons. The highest BCUT2D eigenvalue weighted by atomic mass is 16.2. The van der Waals surface area contributed by atoms with Crippen LogP contribution < -0.4 is 44.2 Å². The quantitative estimate of drug-likeness (QED) is 0.0498. The third kappa shape index (κ3) is 11.6. The number of nitrogens with one attached hydrogen (secondary N) is 4. The number of hydrogen-bond donors (Lipinski definition) is 8. The Bertz CT molecular complexity index is 1250. The number of benzene rings is 1. The molecule has 16 nitrogen and oxygen atoms in total. The molecule has 1 aromatic rings. The highest BCUT2D eigenvalue weighted by Crippen LogP contribution is 2.19. The Balaban J connectivity index is 2.29. The van der Waals surface area contributed by atoms with Crippen molar-refractivity contribution in [3.63, 3.8) is 0 Å². The van der Waals surface area contributed by atoms with E-state index in [1.165, 1.54) is 11.8 Å². The fraction of sp³-hybridized carbons (Fsp3) is 0.567. The molecule has 0 spiro atoms. The number of likely N-dealkylation sites (tertiary alicyclic amines) is 1. The standard InChI is InChI=1S/C30H48N10O6/c1-17(2)24(25(32)42)39-27(44)21(15-19-9-5-4-6-10-19)38-26(43)20(11-7-13-35-30(33)34)37-28(45)22-12-8-14-40(22)29(46)18(3)36-23(41)16-31/h4-6,9-10,17-18,20-22,24H,7-8,11-16,31H2,1-3H3,(H2,32,42)(H,36,41)(H,37,45)(H,38,43)(H,39,44)(H4,33,34,35). The molecule has 5 atom stereocenters. The molecular weight excluding hydrogens is 596 g/mol. The first kappa shape index (κ1) is 37.5. The predicted molar refractivity (Wildman–Crippen MR) is 171 cm³/mol. The van der Waals surface area contributed by atoms with Gasteiger partial charge in [0.05, 0.1) is 6.54 Å². The number of guanidine groups is 1. The zero-order chi connectivity index (χ0) is 34.4. The van der Waals surface area contributed by atoms with Crippen molar-refractivity contribution in [1.82, 2.24) is 26.2 Å². The normalized spacial score (nSPS) is 16.8. The van der Waals surface area contributed by atoms with Gasteiger partial charge in [-0.25, -0.2) is 0 Å². The first-order chi connectivity index (χ1) is 21.7. The number of rotatable bonds is 17. The van der Waals surface area contributed by atoms with Gasteiger partial charge < -0.3 is 49.1 Å². The third-order valence-electron chi connectivity index (χ3n) is 7.54. The van der Waals surface area contributed by atoms with Crippen LogP contribution in [-0.4, -0.2) is 96.1 Å². The molecule has 0 aliphatic carbocycles. The lowest BCUT2D eigenvalue weighted by Crippen LogP contribution is -2.59. The second kappa shape index (κ2) is 18.3. The molecule has 16 heteroatoms. The summed E-state index contributed by atoms with van der Waals surface area (Å²) < 4.78 is 0. The molecule has 1 fully saturated rings. The minimum atomic E-state index is -1.13. The van der Waals surface area contributed by atoms with E-state index < -0.39 is 65.7 Å².